The predicted molar refractivity (Wildman–Crippen MR) is 67.0 cm³/mol. The number of furan rings is 1. The Hall–Kier alpha value is -2.07. The molecule has 0 aliphatic carbocycles. The fourth-order valence-corrected chi connectivity index (χ4v) is 1.77. The summed E-state index contributed by atoms with van der Waals surface area (Å²) in [5, 5.41) is 12.1. The largest absolute Gasteiger partial charge is 0.481 e. The summed E-state index contributed by atoms with van der Waals surface area (Å²) in [4.78, 5) is 10.8. The maximum Gasteiger partial charge on any atom is 0.305 e. The number of benzene rings is 1. The number of carbonyl (C=O) groups is 1. The highest BCUT2D eigenvalue weighted by molar-refractivity contribution is 5.67. The first-order chi connectivity index (χ1) is 8.75. The Balaban J connectivity index is 2.00. The molecule has 1 aromatic heterocycles. The van der Waals surface area contributed by atoms with Crippen molar-refractivity contribution in [1.29, 1.82) is 0 Å². The van der Waals surface area contributed by atoms with Crippen LogP contribution in [0.5, 0.6) is 0 Å². The van der Waals surface area contributed by atoms with E-state index >= 15 is 0 Å². The SMILES string of the molecule is O=C(O)CC(NCc1ccccc1)c1ccco1. The lowest BCUT2D eigenvalue weighted by molar-refractivity contribution is -0.137. The number of aliphatic carboxylic acids is 1. The standard InChI is InChI=1S/C14H15NO3/c16-14(17)9-12(13-7-4-8-18-13)15-10-11-5-2-1-3-6-11/h1-8,12,15H,9-10H2,(H,16,17). The highest BCUT2D eigenvalue weighted by Crippen LogP contribution is 2.18. The maximum atomic E-state index is 10.8. The van der Waals surface area contributed by atoms with Crippen LogP contribution >= 0.6 is 0 Å². The Kier molecular flexibility index (Phi) is 4.15. The molecule has 0 fully saturated rings. The number of rotatable bonds is 6. The molecule has 94 valence electrons. The monoisotopic (exact) mass is 245 g/mol. The quantitative estimate of drug-likeness (QED) is 0.821. The van der Waals surface area contributed by atoms with E-state index in [1.165, 1.54) is 0 Å². The minimum Gasteiger partial charge on any atom is -0.481 e. The van der Waals surface area contributed by atoms with Crippen LogP contribution in [-0.2, 0) is 11.3 Å². The van der Waals surface area contributed by atoms with Crippen LogP contribution in [0.2, 0.25) is 0 Å². The molecule has 0 bridgehead atoms. The summed E-state index contributed by atoms with van der Waals surface area (Å²) >= 11 is 0. The lowest BCUT2D eigenvalue weighted by Gasteiger charge is -2.14. The molecule has 0 aliphatic heterocycles. The predicted octanol–water partition coefficient (Wildman–Crippen LogP) is 2.59. The number of nitrogens with one attached hydrogen (secondary N) is 1. The molecule has 1 atom stereocenters. The molecule has 4 nitrogen and oxygen atoms in total. The second kappa shape index (κ2) is 6.02. The summed E-state index contributed by atoms with van der Waals surface area (Å²) in [5.74, 6) is -0.203. The van der Waals surface area contributed by atoms with Crippen LogP contribution in [0.1, 0.15) is 23.8 Å². The van der Waals surface area contributed by atoms with Gasteiger partial charge in [-0.05, 0) is 17.7 Å². The van der Waals surface area contributed by atoms with Crippen molar-refractivity contribution in [1.82, 2.24) is 5.32 Å². The Morgan fingerprint density at radius 2 is 2.00 bits per heavy atom. The molecule has 4 heteroatoms. The minimum atomic E-state index is -0.850. The van der Waals surface area contributed by atoms with Gasteiger partial charge >= 0.3 is 5.97 Å². The molecule has 1 heterocycles. The Morgan fingerprint density at radius 3 is 2.61 bits per heavy atom. The molecule has 0 amide bonds. The first kappa shape index (κ1) is 12.4. The van der Waals surface area contributed by atoms with Gasteiger partial charge < -0.3 is 14.8 Å². The van der Waals surface area contributed by atoms with Crippen molar-refractivity contribution in [2.45, 2.75) is 19.0 Å². The van der Waals surface area contributed by atoms with Gasteiger partial charge in [0.2, 0.25) is 0 Å². The van der Waals surface area contributed by atoms with E-state index in [1.807, 2.05) is 30.3 Å². The zero-order valence-corrected chi connectivity index (χ0v) is 9.87. The Labute approximate surface area is 105 Å². The number of carboxylic acids is 1. The molecule has 2 N–H and O–H groups in total. The third-order valence-electron chi connectivity index (χ3n) is 2.66. The van der Waals surface area contributed by atoms with Crippen LogP contribution in [0.25, 0.3) is 0 Å². The zero-order chi connectivity index (χ0) is 12.8. The van der Waals surface area contributed by atoms with E-state index in [0.717, 1.165) is 5.56 Å². The van der Waals surface area contributed by atoms with Gasteiger partial charge in [0.05, 0.1) is 18.7 Å². The molecular formula is C14H15NO3. The maximum absolute atomic E-state index is 10.8. The number of carboxylic acid groups (broad SMARTS) is 1. The molecule has 2 aromatic rings. The van der Waals surface area contributed by atoms with Crippen molar-refractivity contribution in [2.24, 2.45) is 0 Å². The van der Waals surface area contributed by atoms with Crippen molar-refractivity contribution in [3.63, 3.8) is 0 Å². The second-order valence-corrected chi connectivity index (χ2v) is 4.03. The van der Waals surface area contributed by atoms with E-state index in [0.29, 0.717) is 12.3 Å². The molecule has 2 rings (SSSR count). The van der Waals surface area contributed by atoms with Gasteiger partial charge in [0.25, 0.3) is 0 Å². The molecule has 18 heavy (non-hydrogen) atoms. The molecule has 1 unspecified atom stereocenters. The van der Waals surface area contributed by atoms with Crippen LogP contribution in [0.3, 0.4) is 0 Å². The molecule has 0 radical (unpaired) electrons. The molecular weight excluding hydrogens is 230 g/mol. The highest BCUT2D eigenvalue weighted by atomic mass is 16.4. The number of hydrogen-bond acceptors (Lipinski definition) is 3. The van der Waals surface area contributed by atoms with Gasteiger partial charge in [-0.2, -0.15) is 0 Å². The fraction of sp³-hybridized carbons (Fsp3) is 0.214. The summed E-state index contributed by atoms with van der Waals surface area (Å²) in [6.07, 6.45) is 1.55. The summed E-state index contributed by atoms with van der Waals surface area (Å²) in [6, 6.07) is 13.1. The molecule has 0 spiro atoms. The lowest BCUT2D eigenvalue weighted by atomic mass is 10.1. The van der Waals surface area contributed by atoms with E-state index in [4.69, 9.17) is 9.52 Å². The van der Waals surface area contributed by atoms with Gasteiger partial charge in [-0.25, -0.2) is 0 Å². The van der Waals surface area contributed by atoms with Crippen LogP contribution in [-0.4, -0.2) is 11.1 Å². The summed E-state index contributed by atoms with van der Waals surface area (Å²) in [5.41, 5.74) is 1.11. The van der Waals surface area contributed by atoms with Crippen LogP contribution in [0.15, 0.2) is 53.1 Å². The smallest absolute Gasteiger partial charge is 0.305 e. The average Bonchev–Trinajstić information content (AvgIpc) is 2.89. The first-order valence-electron chi connectivity index (χ1n) is 5.78. The minimum absolute atomic E-state index is 0.000344. The second-order valence-electron chi connectivity index (χ2n) is 4.03. The Bertz CT molecular complexity index is 479. The van der Waals surface area contributed by atoms with Crippen molar-refractivity contribution in [2.75, 3.05) is 0 Å². The zero-order valence-electron chi connectivity index (χ0n) is 9.87. The van der Waals surface area contributed by atoms with Gasteiger partial charge in [-0.3, -0.25) is 4.79 Å². The van der Waals surface area contributed by atoms with Gasteiger partial charge in [0, 0.05) is 6.54 Å². The van der Waals surface area contributed by atoms with Gasteiger partial charge in [0.1, 0.15) is 5.76 Å². The van der Waals surface area contributed by atoms with Crippen molar-refractivity contribution >= 4 is 5.97 Å². The van der Waals surface area contributed by atoms with Crippen LogP contribution < -0.4 is 5.32 Å². The molecule has 1 aromatic carbocycles. The molecule has 0 saturated heterocycles. The van der Waals surface area contributed by atoms with E-state index in [1.54, 1.807) is 18.4 Å². The normalized spacial score (nSPS) is 12.2. The molecule has 0 aliphatic rings. The first-order valence-corrected chi connectivity index (χ1v) is 5.78. The van der Waals surface area contributed by atoms with Crippen molar-refractivity contribution in [3.8, 4) is 0 Å². The summed E-state index contributed by atoms with van der Waals surface area (Å²) in [7, 11) is 0. The van der Waals surface area contributed by atoms with Gasteiger partial charge in [-0.15, -0.1) is 0 Å². The summed E-state index contributed by atoms with van der Waals surface area (Å²) < 4.78 is 5.26. The van der Waals surface area contributed by atoms with Gasteiger partial charge in [0.15, 0.2) is 0 Å². The lowest BCUT2D eigenvalue weighted by Crippen LogP contribution is -2.23. The van der Waals surface area contributed by atoms with E-state index in [2.05, 4.69) is 5.32 Å². The summed E-state index contributed by atoms with van der Waals surface area (Å²) in [6.45, 7) is 0.611. The highest BCUT2D eigenvalue weighted by Gasteiger charge is 2.17. The topological polar surface area (TPSA) is 62.5 Å². The van der Waals surface area contributed by atoms with E-state index in [-0.39, 0.29) is 12.5 Å². The van der Waals surface area contributed by atoms with Crippen LogP contribution in [0, 0.1) is 0 Å². The van der Waals surface area contributed by atoms with Crippen LogP contribution in [0.4, 0.5) is 0 Å². The van der Waals surface area contributed by atoms with Crippen molar-refractivity contribution < 1.29 is 14.3 Å². The fourth-order valence-electron chi connectivity index (χ4n) is 1.77. The molecule has 0 saturated carbocycles. The van der Waals surface area contributed by atoms with E-state index < -0.39 is 5.97 Å². The van der Waals surface area contributed by atoms with E-state index in [9.17, 15) is 4.79 Å². The third-order valence-corrected chi connectivity index (χ3v) is 2.66. The Morgan fingerprint density at radius 1 is 1.22 bits per heavy atom. The number of hydrogen-bond donors (Lipinski definition) is 2. The third kappa shape index (κ3) is 3.46. The van der Waals surface area contributed by atoms with Gasteiger partial charge in [-0.1, -0.05) is 30.3 Å². The van der Waals surface area contributed by atoms with Crippen molar-refractivity contribution in [3.05, 3.63) is 60.1 Å². The average molecular weight is 245 g/mol.